The molecule has 0 bridgehead atoms. The summed E-state index contributed by atoms with van der Waals surface area (Å²) in [7, 11) is 4.03. The molecule has 0 saturated carbocycles. The van der Waals surface area contributed by atoms with Crippen molar-refractivity contribution in [2.45, 2.75) is 13.5 Å². The van der Waals surface area contributed by atoms with Gasteiger partial charge in [0, 0.05) is 45.9 Å². The highest BCUT2D eigenvalue weighted by Gasteiger charge is 2.16. The first-order chi connectivity index (χ1) is 9.22. The summed E-state index contributed by atoms with van der Waals surface area (Å²) in [6.07, 6.45) is 0. The van der Waals surface area contributed by atoms with E-state index in [2.05, 4.69) is 32.1 Å². The van der Waals surface area contributed by atoms with E-state index in [4.69, 9.17) is 4.74 Å². The molecule has 1 aliphatic rings. The molecule has 0 spiro atoms. The maximum Gasteiger partial charge on any atom is 0.158 e. The standard InChI is InChI=1S/C13H23N5O/c1-4-19-10-12-15-11(14-2)9-13(16-12)18-7-5-17(3)6-8-18/h9H,4-8,10H2,1-3H3,(H,14,15,16). The highest BCUT2D eigenvalue weighted by atomic mass is 16.5. The van der Waals surface area contributed by atoms with Crippen molar-refractivity contribution >= 4 is 11.6 Å². The van der Waals surface area contributed by atoms with E-state index in [0.29, 0.717) is 13.2 Å². The molecule has 6 nitrogen and oxygen atoms in total. The summed E-state index contributed by atoms with van der Waals surface area (Å²) in [5.74, 6) is 2.57. The molecular weight excluding hydrogens is 242 g/mol. The van der Waals surface area contributed by atoms with Crippen LogP contribution in [0.1, 0.15) is 12.7 Å². The van der Waals surface area contributed by atoms with Gasteiger partial charge in [-0.2, -0.15) is 0 Å². The van der Waals surface area contributed by atoms with Crippen molar-refractivity contribution in [2.75, 3.05) is 57.1 Å². The van der Waals surface area contributed by atoms with Crippen molar-refractivity contribution < 1.29 is 4.74 Å². The number of rotatable bonds is 5. The van der Waals surface area contributed by atoms with Crippen LogP contribution in [0.4, 0.5) is 11.6 Å². The Kier molecular flexibility index (Phi) is 4.93. The summed E-state index contributed by atoms with van der Waals surface area (Å²) in [5.41, 5.74) is 0. The number of hydrogen-bond donors (Lipinski definition) is 1. The van der Waals surface area contributed by atoms with E-state index in [1.807, 2.05) is 20.0 Å². The second-order valence-corrected chi connectivity index (χ2v) is 4.71. The fraction of sp³-hybridized carbons (Fsp3) is 0.692. The Hall–Kier alpha value is -1.40. The monoisotopic (exact) mass is 265 g/mol. The SMILES string of the molecule is CCOCc1nc(NC)cc(N2CCN(C)CC2)n1. The minimum Gasteiger partial charge on any atom is -0.374 e. The first-order valence-corrected chi connectivity index (χ1v) is 6.80. The number of nitrogens with zero attached hydrogens (tertiary/aromatic N) is 4. The molecule has 1 N–H and O–H groups in total. The first-order valence-electron chi connectivity index (χ1n) is 6.80. The van der Waals surface area contributed by atoms with Gasteiger partial charge in [0.2, 0.25) is 0 Å². The minimum absolute atomic E-state index is 0.465. The zero-order valence-electron chi connectivity index (χ0n) is 12.0. The number of nitrogens with one attached hydrogen (secondary N) is 1. The second kappa shape index (κ2) is 6.68. The zero-order chi connectivity index (χ0) is 13.7. The largest absolute Gasteiger partial charge is 0.374 e. The number of likely N-dealkylation sites (N-methyl/N-ethyl adjacent to an activating group) is 1. The smallest absolute Gasteiger partial charge is 0.158 e. The van der Waals surface area contributed by atoms with Crippen LogP contribution in [0.15, 0.2) is 6.07 Å². The molecule has 2 rings (SSSR count). The van der Waals surface area contributed by atoms with Crippen molar-refractivity contribution in [3.63, 3.8) is 0 Å². The Morgan fingerprint density at radius 1 is 1.26 bits per heavy atom. The molecular formula is C13H23N5O. The van der Waals surface area contributed by atoms with E-state index >= 15 is 0 Å². The molecule has 1 aromatic heterocycles. The van der Waals surface area contributed by atoms with Gasteiger partial charge in [-0.15, -0.1) is 0 Å². The van der Waals surface area contributed by atoms with Gasteiger partial charge in [-0.05, 0) is 14.0 Å². The fourth-order valence-electron chi connectivity index (χ4n) is 2.07. The lowest BCUT2D eigenvalue weighted by Crippen LogP contribution is -2.44. The molecule has 0 radical (unpaired) electrons. The number of hydrogen-bond acceptors (Lipinski definition) is 6. The van der Waals surface area contributed by atoms with Crippen molar-refractivity contribution in [1.29, 1.82) is 0 Å². The van der Waals surface area contributed by atoms with Gasteiger partial charge in [0.05, 0.1) is 0 Å². The molecule has 0 amide bonds. The maximum absolute atomic E-state index is 5.40. The molecule has 19 heavy (non-hydrogen) atoms. The molecule has 1 saturated heterocycles. The highest BCUT2D eigenvalue weighted by molar-refractivity contribution is 5.49. The molecule has 0 unspecified atom stereocenters. The molecule has 1 fully saturated rings. The topological polar surface area (TPSA) is 53.5 Å². The van der Waals surface area contributed by atoms with E-state index in [-0.39, 0.29) is 0 Å². The Balaban J connectivity index is 2.14. The average Bonchev–Trinajstić information content (AvgIpc) is 2.45. The van der Waals surface area contributed by atoms with Crippen LogP contribution < -0.4 is 10.2 Å². The number of piperazine rings is 1. The van der Waals surface area contributed by atoms with Crippen molar-refractivity contribution in [1.82, 2.24) is 14.9 Å². The third-order valence-electron chi connectivity index (χ3n) is 3.28. The Morgan fingerprint density at radius 2 is 2.00 bits per heavy atom. The second-order valence-electron chi connectivity index (χ2n) is 4.71. The summed E-state index contributed by atoms with van der Waals surface area (Å²) in [4.78, 5) is 13.6. The van der Waals surface area contributed by atoms with E-state index in [1.165, 1.54) is 0 Å². The number of ether oxygens (including phenoxy) is 1. The lowest BCUT2D eigenvalue weighted by molar-refractivity contribution is 0.128. The summed E-state index contributed by atoms with van der Waals surface area (Å²) in [5, 5.41) is 3.09. The van der Waals surface area contributed by atoms with Crippen molar-refractivity contribution in [3.8, 4) is 0 Å². The Labute approximate surface area is 114 Å². The predicted octanol–water partition coefficient (Wildman–Crippen LogP) is 0.807. The molecule has 6 heteroatoms. The highest BCUT2D eigenvalue weighted by Crippen LogP contribution is 2.17. The zero-order valence-corrected chi connectivity index (χ0v) is 12.0. The average molecular weight is 265 g/mol. The van der Waals surface area contributed by atoms with Crippen molar-refractivity contribution in [3.05, 3.63) is 11.9 Å². The number of aromatic nitrogens is 2. The van der Waals surface area contributed by atoms with Crippen LogP contribution in [0.5, 0.6) is 0 Å². The Bertz CT molecular complexity index is 404. The first kappa shape index (κ1) is 14.0. The molecule has 1 aliphatic heterocycles. The van der Waals surface area contributed by atoms with Crippen molar-refractivity contribution in [2.24, 2.45) is 0 Å². The van der Waals surface area contributed by atoms with Crippen LogP contribution in [0.2, 0.25) is 0 Å². The van der Waals surface area contributed by atoms with Gasteiger partial charge in [-0.25, -0.2) is 9.97 Å². The van der Waals surface area contributed by atoms with Gasteiger partial charge in [-0.3, -0.25) is 0 Å². The van der Waals surface area contributed by atoms with Gasteiger partial charge in [-0.1, -0.05) is 0 Å². The van der Waals surface area contributed by atoms with Crippen LogP contribution in [-0.2, 0) is 11.3 Å². The normalized spacial score (nSPS) is 16.7. The van der Waals surface area contributed by atoms with Crippen LogP contribution in [0.3, 0.4) is 0 Å². The number of anilines is 2. The van der Waals surface area contributed by atoms with Gasteiger partial charge in [0.15, 0.2) is 5.82 Å². The molecule has 1 aromatic rings. The molecule has 2 heterocycles. The summed E-state index contributed by atoms with van der Waals surface area (Å²) < 4.78 is 5.40. The lowest BCUT2D eigenvalue weighted by atomic mass is 10.3. The third kappa shape index (κ3) is 3.78. The summed E-state index contributed by atoms with van der Waals surface area (Å²) >= 11 is 0. The van der Waals surface area contributed by atoms with Crippen LogP contribution in [-0.4, -0.2) is 61.7 Å². The maximum atomic E-state index is 5.40. The van der Waals surface area contributed by atoms with Crippen LogP contribution >= 0.6 is 0 Å². The van der Waals surface area contributed by atoms with Gasteiger partial charge < -0.3 is 19.9 Å². The molecule has 0 atom stereocenters. The molecule has 0 aliphatic carbocycles. The van der Waals surface area contributed by atoms with Crippen LogP contribution in [0.25, 0.3) is 0 Å². The molecule has 0 aromatic carbocycles. The Morgan fingerprint density at radius 3 is 2.63 bits per heavy atom. The fourth-order valence-corrected chi connectivity index (χ4v) is 2.07. The van der Waals surface area contributed by atoms with Crippen LogP contribution in [0, 0.1) is 0 Å². The lowest BCUT2D eigenvalue weighted by Gasteiger charge is -2.33. The quantitative estimate of drug-likeness (QED) is 0.850. The predicted molar refractivity (Wildman–Crippen MR) is 76.6 cm³/mol. The van der Waals surface area contributed by atoms with Gasteiger partial charge in [0.1, 0.15) is 18.2 Å². The summed E-state index contributed by atoms with van der Waals surface area (Å²) in [6, 6.07) is 2.00. The van der Waals surface area contributed by atoms with Gasteiger partial charge in [0.25, 0.3) is 0 Å². The van der Waals surface area contributed by atoms with E-state index in [9.17, 15) is 0 Å². The minimum atomic E-state index is 0.465. The third-order valence-corrected chi connectivity index (χ3v) is 3.28. The molecule has 106 valence electrons. The van der Waals surface area contributed by atoms with E-state index in [0.717, 1.165) is 43.6 Å². The van der Waals surface area contributed by atoms with Gasteiger partial charge >= 0.3 is 0 Å². The summed E-state index contributed by atoms with van der Waals surface area (Å²) in [6.45, 7) is 7.27. The van der Waals surface area contributed by atoms with E-state index < -0.39 is 0 Å². The van der Waals surface area contributed by atoms with E-state index in [1.54, 1.807) is 0 Å².